The molecule has 1 atom stereocenters. The van der Waals surface area contributed by atoms with E-state index in [-0.39, 0.29) is 6.10 Å². The first-order valence-corrected chi connectivity index (χ1v) is 6.42. The van der Waals surface area contributed by atoms with Crippen LogP contribution >= 0.6 is 27.5 Å². The Morgan fingerprint density at radius 2 is 2.38 bits per heavy atom. The zero-order chi connectivity index (χ0) is 11.4. The molecule has 86 valence electrons. The summed E-state index contributed by atoms with van der Waals surface area (Å²) in [6.07, 6.45) is 6.24. The third-order valence-electron chi connectivity index (χ3n) is 2.48. The molecule has 0 fully saturated rings. The van der Waals surface area contributed by atoms with Crippen molar-refractivity contribution in [2.45, 2.75) is 18.9 Å². The summed E-state index contributed by atoms with van der Waals surface area (Å²) in [5.74, 6) is 0. The van der Waals surface area contributed by atoms with Crippen LogP contribution in [0.5, 0.6) is 0 Å². The van der Waals surface area contributed by atoms with E-state index in [1.54, 1.807) is 6.26 Å². The van der Waals surface area contributed by atoms with E-state index in [1.807, 2.05) is 24.3 Å². The number of anilines is 1. The third-order valence-corrected chi connectivity index (χ3v) is 3.71. The standard InChI is InChI=1S/C12H13BrClNO/c13-11-5-4-9(7-12(11)14)15-8-10-3-1-2-6-16-10/h2,4-7,10,15H,1,3,8H2. The maximum atomic E-state index is 6.01. The highest BCUT2D eigenvalue weighted by Crippen LogP contribution is 2.25. The van der Waals surface area contributed by atoms with E-state index in [9.17, 15) is 0 Å². The SMILES string of the molecule is Clc1cc(NCC2CCC=CO2)ccc1Br. The van der Waals surface area contributed by atoms with Crippen LogP contribution < -0.4 is 5.32 Å². The first kappa shape index (κ1) is 11.8. The minimum Gasteiger partial charge on any atom is -0.497 e. The Labute approximate surface area is 109 Å². The van der Waals surface area contributed by atoms with Crippen LogP contribution in [0.4, 0.5) is 5.69 Å². The van der Waals surface area contributed by atoms with E-state index < -0.39 is 0 Å². The number of halogens is 2. The summed E-state index contributed by atoms with van der Waals surface area (Å²) >= 11 is 9.37. The van der Waals surface area contributed by atoms with Crippen molar-refractivity contribution in [1.82, 2.24) is 0 Å². The Hall–Kier alpha value is -0.670. The lowest BCUT2D eigenvalue weighted by molar-refractivity contribution is 0.135. The molecule has 0 bridgehead atoms. The number of hydrogen-bond donors (Lipinski definition) is 1. The Balaban J connectivity index is 1.89. The summed E-state index contributed by atoms with van der Waals surface area (Å²) in [5, 5.41) is 4.04. The van der Waals surface area contributed by atoms with Crippen LogP contribution in [-0.2, 0) is 4.74 Å². The molecular formula is C12H13BrClNO. The summed E-state index contributed by atoms with van der Waals surface area (Å²) in [5.41, 5.74) is 1.02. The van der Waals surface area contributed by atoms with E-state index >= 15 is 0 Å². The van der Waals surface area contributed by atoms with Crippen LogP contribution in [0, 0.1) is 0 Å². The summed E-state index contributed by atoms with van der Waals surface area (Å²) in [6.45, 7) is 0.808. The molecule has 0 spiro atoms. The molecule has 1 aromatic carbocycles. The average molecular weight is 303 g/mol. The average Bonchev–Trinajstić information content (AvgIpc) is 2.32. The fourth-order valence-electron chi connectivity index (χ4n) is 1.57. The van der Waals surface area contributed by atoms with Gasteiger partial charge in [-0.05, 0) is 53.0 Å². The fraction of sp³-hybridized carbons (Fsp3) is 0.333. The van der Waals surface area contributed by atoms with Gasteiger partial charge in [0.1, 0.15) is 6.10 Å². The van der Waals surface area contributed by atoms with Gasteiger partial charge in [0.2, 0.25) is 0 Å². The van der Waals surface area contributed by atoms with Crippen LogP contribution in [0.15, 0.2) is 35.0 Å². The van der Waals surface area contributed by atoms with Crippen molar-refractivity contribution >= 4 is 33.2 Å². The van der Waals surface area contributed by atoms with Gasteiger partial charge in [-0.25, -0.2) is 0 Å². The largest absolute Gasteiger partial charge is 0.497 e. The Morgan fingerprint density at radius 3 is 3.06 bits per heavy atom. The second-order valence-corrected chi connectivity index (χ2v) is 4.98. The van der Waals surface area contributed by atoms with Crippen LogP contribution in [0.2, 0.25) is 5.02 Å². The maximum Gasteiger partial charge on any atom is 0.115 e. The van der Waals surface area contributed by atoms with Crippen molar-refractivity contribution in [2.75, 3.05) is 11.9 Å². The van der Waals surface area contributed by atoms with E-state index in [2.05, 4.69) is 21.2 Å². The van der Waals surface area contributed by atoms with Crippen LogP contribution in [0.1, 0.15) is 12.8 Å². The maximum absolute atomic E-state index is 6.01. The van der Waals surface area contributed by atoms with Gasteiger partial charge in [0.25, 0.3) is 0 Å². The van der Waals surface area contributed by atoms with Gasteiger partial charge in [0, 0.05) is 10.2 Å². The quantitative estimate of drug-likeness (QED) is 0.903. The van der Waals surface area contributed by atoms with Crippen LogP contribution in [0.3, 0.4) is 0 Å². The Bertz CT molecular complexity index is 395. The molecule has 0 amide bonds. The van der Waals surface area contributed by atoms with Gasteiger partial charge < -0.3 is 10.1 Å². The lowest BCUT2D eigenvalue weighted by Gasteiger charge is -2.20. The van der Waals surface area contributed by atoms with Crippen LogP contribution in [-0.4, -0.2) is 12.6 Å². The van der Waals surface area contributed by atoms with E-state index in [4.69, 9.17) is 16.3 Å². The zero-order valence-electron chi connectivity index (χ0n) is 8.75. The van der Waals surface area contributed by atoms with Crippen molar-refractivity contribution in [3.05, 3.63) is 40.0 Å². The molecular weight excluding hydrogens is 289 g/mol. The number of allylic oxidation sites excluding steroid dienone is 1. The molecule has 2 nitrogen and oxygen atoms in total. The molecule has 1 N–H and O–H groups in total. The molecule has 1 heterocycles. The molecule has 1 unspecified atom stereocenters. The third kappa shape index (κ3) is 3.16. The van der Waals surface area contributed by atoms with Gasteiger partial charge in [-0.15, -0.1) is 0 Å². The molecule has 0 saturated carbocycles. The molecule has 16 heavy (non-hydrogen) atoms. The van der Waals surface area contributed by atoms with Crippen molar-refractivity contribution in [2.24, 2.45) is 0 Å². The van der Waals surface area contributed by atoms with Crippen molar-refractivity contribution < 1.29 is 4.74 Å². The molecule has 0 radical (unpaired) electrons. The molecule has 1 aromatic rings. The van der Waals surface area contributed by atoms with Crippen molar-refractivity contribution in [3.63, 3.8) is 0 Å². The fourth-order valence-corrected chi connectivity index (χ4v) is 2.00. The normalized spacial score (nSPS) is 19.2. The van der Waals surface area contributed by atoms with Crippen molar-refractivity contribution in [3.8, 4) is 0 Å². The molecule has 4 heteroatoms. The predicted octanol–water partition coefficient (Wildman–Crippen LogP) is 4.21. The predicted molar refractivity (Wildman–Crippen MR) is 70.9 cm³/mol. The smallest absolute Gasteiger partial charge is 0.115 e. The zero-order valence-corrected chi connectivity index (χ0v) is 11.1. The first-order chi connectivity index (χ1) is 7.75. The van der Waals surface area contributed by atoms with E-state index in [0.717, 1.165) is 34.6 Å². The summed E-state index contributed by atoms with van der Waals surface area (Å²) in [4.78, 5) is 0. The summed E-state index contributed by atoms with van der Waals surface area (Å²) < 4.78 is 6.38. The van der Waals surface area contributed by atoms with E-state index in [0.29, 0.717) is 0 Å². The monoisotopic (exact) mass is 301 g/mol. The topological polar surface area (TPSA) is 21.3 Å². The highest BCUT2D eigenvalue weighted by Gasteiger charge is 2.10. The Morgan fingerprint density at radius 1 is 1.50 bits per heavy atom. The van der Waals surface area contributed by atoms with Gasteiger partial charge in [0.05, 0.1) is 17.8 Å². The minimum atomic E-state index is 0.257. The second kappa shape index (κ2) is 5.60. The Kier molecular flexibility index (Phi) is 4.13. The van der Waals surface area contributed by atoms with Gasteiger partial charge in [0.15, 0.2) is 0 Å². The minimum absolute atomic E-state index is 0.257. The molecule has 2 rings (SSSR count). The molecule has 1 aliphatic rings. The summed E-state index contributed by atoms with van der Waals surface area (Å²) in [6, 6.07) is 5.84. The number of ether oxygens (including phenoxy) is 1. The highest BCUT2D eigenvalue weighted by atomic mass is 79.9. The van der Waals surface area contributed by atoms with Gasteiger partial charge in [-0.2, -0.15) is 0 Å². The lowest BCUT2D eigenvalue weighted by atomic mass is 10.1. The number of rotatable bonds is 3. The molecule has 1 aliphatic heterocycles. The van der Waals surface area contributed by atoms with E-state index in [1.165, 1.54) is 0 Å². The highest BCUT2D eigenvalue weighted by molar-refractivity contribution is 9.10. The van der Waals surface area contributed by atoms with Gasteiger partial charge in [-0.1, -0.05) is 11.6 Å². The van der Waals surface area contributed by atoms with Crippen molar-refractivity contribution in [1.29, 1.82) is 0 Å². The molecule has 0 aliphatic carbocycles. The number of nitrogens with one attached hydrogen (secondary N) is 1. The number of hydrogen-bond acceptors (Lipinski definition) is 2. The first-order valence-electron chi connectivity index (χ1n) is 5.25. The van der Waals surface area contributed by atoms with Gasteiger partial charge >= 0.3 is 0 Å². The summed E-state index contributed by atoms with van der Waals surface area (Å²) in [7, 11) is 0. The second-order valence-electron chi connectivity index (χ2n) is 3.72. The van der Waals surface area contributed by atoms with Crippen LogP contribution in [0.25, 0.3) is 0 Å². The van der Waals surface area contributed by atoms with Gasteiger partial charge in [-0.3, -0.25) is 0 Å². The molecule has 0 aromatic heterocycles. The lowest BCUT2D eigenvalue weighted by Crippen LogP contribution is -2.22. The number of benzene rings is 1. The molecule has 0 saturated heterocycles.